The zero-order chi connectivity index (χ0) is 10.3. The van der Waals surface area contributed by atoms with E-state index in [9.17, 15) is 10.1 Å². The van der Waals surface area contributed by atoms with Gasteiger partial charge in [0.25, 0.3) is 5.69 Å². The van der Waals surface area contributed by atoms with Crippen molar-refractivity contribution in [1.82, 2.24) is 0 Å². The molecule has 0 saturated carbocycles. The molecule has 0 amide bonds. The van der Waals surface area contributed by atoms with E-state index in [1.54, 1.807) is 11.4 Å². The molecular weight excluding hydrogens is 268 g/mol. The minimum absolute atomic E-state index is 0.102. The van der Waals surface area contributed by atoms with Gasteiger partial charge in [0.05, 0.1) is 10.6 Å². The molecule has 0 radical (unpaired) electrons. The molecule has 0 spiro atoms. The molecule has 0 saturated heterocycles. The summed E-state index contributed by atoms with van der Waals surface area (Å²) in [5.41, 5.74) is 6.38. The van der Waals surface area contributed by atoms with Crippen LogP contribution in [0.2, 0.25) is 0 Å². The molecule has 0 aliphatic rings. The minimum Gasteiger partial charge on any atom is -0.398 e. The molecule has 2 rings (SSSR count). The van der Waals surface area contributed by atoms with Crippen LogP contribution in [-0.2, 0) is 0 Å². The SMILES string of the molecule is Nc1csc2c([N+](=O)[O-])ccc(Br)c12. The van der Waals surface area contributed by atoms with Gasteiger partial charge in [-0.3, -0.25) is 10.1 Å². The zero-order valence-corrected chi connectivity index (χ0v) is 9.26. The highest BCUT2D eigenvalue weighted by atomic mass is 79.9. The van der Waals surface area contributed by atoms with E-state index >= 15 is 0 Å². The Kier molecular flexibility index (Phi) is 2.16. The number of nitrogen functional groups attached to an aromatic ring is 1. The van der Waals surface area contributed by atoms with Gasteiger partial charge in [-0.25, -0.2) is 0 Å². The van der Waals surface area contributed by atoms with Crippen LogP contribution in [-0.4, -0.2) is 4.92 Å². The molecule has 1 aromatic heterocycles. The van der Waals surface area contributed by atoms with Crippen molar-refractivity contribution < 1.29 is 4.92 Å². The van der Waals surface area contributed by atoms with E-state index < -0.39 is 4.92 Å². The maximum absolute atomic E-state index is 10.7. The summed E-state index contributed by atoms with van der Waals surface area (Å²) in [5.74, 6) is 0. The third kappa shape index (κ3) is 1.27. The van der Waals surface area contributed by atoms with Crippen LogP contribution >= 0.6 is 27.3 Å². The van der Waals surface area contributed by atoms with Crippen LogP contribution in [0.5, 0.6) is 0 Å². The van der Waals surface area contributed by atoms with Crippen LogP contribution in [0.4, 0.5) is 11.4 Å². The quantitative estimate of drug-likeness (QED) is 0.641. The molecule has 0 aliphatic heterocycles. The molecule has 14 heavy (non-hydrogen) atoms. The van der Waals surface area contributed by atoms with E-state index in [-0.39, 0.29) is 5.69 Å². The van der Waals surface area contributed by atoms with Gasteiger partial charge in [-0.05, 0) is 6.07 Å². The molecule has 6 heteroatoms. The number of nitrogens with zero attached hydrogens (tertiary/aromatic N) is 1. The number of nitro benzene ring substituents is 1. The van der Waals surface area contributed by atoms with Crippen LogP contribution in [0.15, 0.2) is 22.0 Å². The third-order valence-corrected chi connectivity index (χ3v) is 3.56. The molecule has 0 unspecified atom stereocenters. The van der Waals surface area contributed by atoms with Gasteiger partial charge in [-0.2, -0.15) is 0 Å². The number of nitro groups is 1. The number of halogens is 1. The Morgan fingerprint density at radius 2 is 2.21 bits per heavy atom. The highest BCUT2D eigenvalue weighted by Crippen LogP contribution is 2.39. The largest absolute Gasteiger partial charge is 0.398 e. The maximum Gasteiger partial charge on any atom is 0.287 e. The van der Waals surface area contributed by atoms with Crippen LogP contribution in [0.1, 0.15) is 0 Å². The number of rotatable bonds is 1. The molecule has 0 aliphatic carbocycles. The molecule has 4 nitrogen and oxygen atoms in total. The van der Waals surface area contributed by atoms with Gasteiger partial charge in [0, 0.05) is 21.3 Å². The Morgan fingerprint density at radius 3 is 2.86 bits per heavy atom. The van der Waals surface area contributed by atoms with Gasteiger partial charge in [-0.15, -0.1) is 11.3 Å². The van der Waals surface area contributed by atoms with Crippen molar-refractivity contribution in [2.45, 2.75) is 0 Å². The number of benzene rings is 1. The summed E-state index contributed by atoms with van der Waals surface area (Å²) in [4.78, 5) is 10.3. The molecule has 72 valence electrons. The molecule has 2 aromatic rings. The molecule has 2 N–H and O–H groups in total. The van der Waals surface area contributed by atoms with E-state index in [2.05, 4.69) is 15.9 Å². The fourth-order valence-electron chi connectivity index (χ4n) is 1.26. The van der Waals surface area contributed by atoms with Crippen LogP contribution in [0, 0.1) is 10.1 Å². The normalized spacial score (nSPS) is 10.6. The number of anilines is 1. The first kappa shape index (κ1) is 9.42. The summed E-state index contributed by atoms with van der Waals surface area (Å²) in [6.07, 6.45) is 0. The van der Waals surface area contributed by atoms with Crippen LogP contribution in [0.3, 0.4) is 0 Å². The topological polar surface area (TPSA) is 69.2 Å². The van der Waals surface area contributed by atoms with Crippen molar-refractivity contribution in [1.29, 1.82) is 0 Å². The molecule has 0 bridgehead atoms. The fourth-order valence-corrected chi connectivity index (χ4v) is 2.92. The number of non-ortho nitro benzene ring substituents is 1. The van der Waals surface area contributed by atoms with Gasteiger partial charge < -0.3 is 5.73 Å². The number of fused-ring (bicyclic) bond motifs is 1. The molecule has 0 atom stereocenters. The lowest BCUT2D eigenvalue weighted by Crippen LogP contribution is -1.88. The van der Waals surface area contributed by atoms with Gasteiger partial charge >= 0.3 is 0 Å². The fraction of sp³-hybridized carbons (Fsp3) is 0. The van der Waals surface area contributed by atoms with Gasteiger partial charge in [0.1, 0.15) is 4.70 Å². The van der Waals surface area contributed by atoms with Crippen molar-refractivity contribution in [2.24, 2.45) is 0 Å². The lowest BCUT2D eigenvalue weighted by atomic mass is 10.2. The molecule has 1 aromatic carbocycles. The van der Waals surface area contributed by atoms with Crippen molar-refractivity contribution in [3.63, 3.8) is 0 Å². The van der Waals surface area contributed by atoms with E-state index in [4.69, 9.17) is 5.73 Å². The maximum atomic E-state index is 10.7. The lowest BCUT2D eigenvalue weighted by molar-refractivity contribution is -0.382. The summed E-state index contributed by atoms with van der Waals surface area (Å²) >= 11 is 4.60. The van der Waals surface area contributed by atoms with E-state index in [0.29, 0.717) is 10.4 Å². The van der Waals surface area contributed by atoms with E-state index in [1.165, 1.54) is 17.4 Å². The number of hydrogen-bond acceptors (Lipinski definition) is 4. The second-order valence-corrected chi connectivity index (χ2v) is 4.45. The average Bonchev–Trinajstić information content (AvgIpc) is 2.49. The predicted molar refractivity (Wildman–Crippen MR) is 60.6 cm³/mol. The molecular formula is C8H5BrN2O2S. The average molecular weight is 273 g/mol. The van der Waals surface area contributed by atoms with Gasteiger partial charge in [0.2, 0.25) is 0 Å². The van der Waals surface area contributed by atoms with E-state index in [0.717, 1.165) is 9.86 Å². The van der Waals surface area contributed by atoms with Crippen molar-refractivity contribution in [2.75, 3.05) is 5.73 Å². The Balaban J connectivity index is 2.90. The monoisotopic (exact) mass is 272 g/mol. The summed E-state index contributed by atoms with van der Waals surface area (Å²) < 4.78 is 1.40. The van der Waals surface area contributed by atoms with Gasteiger partial charge in [-0.1, -0.05) is 15.9 Å². The van der Waals surface area contributed by atoms with E-state index in [1.807, 2.05) is 0 Å². The van der Waals surface area contributed by atoms with Crippen molar-refractivity contribution in [3.05, 3.63) is 32.1 Å². The highest BCUT2D eigenvalue weighted by molar-refractivity contribution is 9.10. The summed E-state index contributed by atoms with van der Waals surface area (Å²) in [7, 11) is 0. The Bertz CT molecular complexity index is 523. The number of hydrogen-bond donors (Lipinski definition) is 1. The Morgan fingerprint density at radius 1 is 1.50 bits per heavy atom. The molecule has 1 heterocycles. The van der Waals surface area contributed by atoms with Crippen molar-refractivity contribution in [3.8, 4) is 0 Å². The summed E-state index contributed by atoms with van der Waals surface area (Å²) in [6, 6.07) is 3.12. The smallest absolute Gasteiger partial charge is 0.287 e. The first-order valence-electron chi connectivity index (χ1n) is 3.71. The summed E-state index contributed by atoms with van der Waals surface area (Å²) in [6.45, 7) is 0. The predicted octanol–water partition coefficient (Wildman–Crippen LogP) is 3.15. The van der Waals surface area contributed by atoms with Crippen molar-refractivity contribution >= 4 is 48.7 Å². The number of nitrogens with two attached hydrogens (primary N) is 1. The Labute approximate surface area is 91.6 Å². The second-order valence-electron chi connectivity index (χ2n) is 2.72. The minimum atomic E-state index is -0.398. The summed E-state index contributed by atoms with van der Waals surface area (Å²) in [5, 5.41) is 13.1. The Hall–Kier alpha value is -1.14. The standard InChI is InChI=1S/C8H5BrN2O2S/c9-4-1-2-6(11(12)13)8-7(4)5(10)3-14-8/h1-3H,10H2. The first-order valence-corrected chi connectivity index (χ1v) is 5.38. The second kappa shape index (κ2) is 3.21. The zero-order valence-electron chi connectivity index (χ0n) is 6.86. The highest BCUT2D eigenvalue weighted by Gasteiger charge is 2.16. The lowest BCUT2D eigenvalue weighted by Gasteiger charge is -1.97. The number of thiophene rings is 1. The third-order valence-electron chi connectivity index (χ3n) is 1.88. The van der Waals surface area contributed by atoms with Crippen LogP contribution < -0.4 is 5.73 Å². The van der Waals surface area contributed by atoms with Crippen LogP contribution in [0.25, 0.3) is 10.1 Å². The molecule has 0 fully saturated rings. The van der Waals surface area contributed by atoms with Gasteiger partial charge in [0.15, 0.2) is 0 Å². The first-order chi connectivity index (χ1) is 6.61.